The fourth-order valence-corrected chi connectivity index (χ4v) is 3.03. The molecule has 0 aromatic heterocycles. The number of hydrogen-bond acceptors (Lipinski definition) is 7. The lowest BCUT2D eigenvalue weighted by atomic mass is 10.2. The average molecular weight is 461 g/mol. The molecule has 0 spiro atoms. The van der Waals surface area contributed by atoms with Gasteiger partial charge in [0.15, 0.2) is 0 Å². The van der Waals surface area contributed by atoms with Crippen LogP contribution in [0.1, 0.15) is 11.1 Å². The number of anilines is 1. The van der Waals surface area contributed by atoms with Crippen LogP contribution in [0.3, 0.4) is 0 Å². The van der Waals surface area contributed by atoms with Crippen LogP contribution in [0.4, 0.5) is 17.1 Å². The van der Waals surface area contributed by atoms with Gasteiger partial charge in [0.2, 0.25) is 0 Å². The monoisotopic (exact) mass is 460 g/mol. The summed E-state index contributed by atoms with van der Waals surface area (Å²) in [7, 11) is 0. The summed E-state index contributed by atoms with van der Waals surface area (Å²) in [5.74, 6) is 0.511. The fraction of sp³-hybridized carbons (Fsp3) is 0.0500. The molecule has 0 fully saturated rings. The molecule has 0 aliphatic carbocycles. The number of ether oxygens (including phenoxy) is 1. The molecule has 11 heteroatoms. The van der Waals surface area contributed by atoms with Crippen molar-refractivity contribution in [2.24, 2.45) is 5.10 Å². The van der Waals surface area contributed by atoms with Gasteiger partial charge >= 0.3 is 5.69 Å². The van der Waals surface area contributed by atoms with Crippen LogP contribution in [-0.4, -0.2) is 16.1 Å². The second-order valence-corrected chi connectivity index (χ2v) is 6.99. The Bertz CT molecular complexity index is 1170. The molecule has 3 rings (SSSR count). The maximum absolute atomic E-state index is 11.2. The highest BCUT2D eigenvalue weighted by Gasteiger charge is 2.19. The molecule has 3 aromatic rings. The summed E-state index contributed by atoms with van der Waals surface area (Å²) in [6.45, 7) is 0.197. The van der Waals surface area contributed by atoms with Gasteiger partial charge in [-0.05, 0) is 30.3 Å². The van der Waals surface area contributed by atoms with Crippen molar-refractivity contribution in [1.82, 2.24) is 0 Å². The van der Waals surface area contributed by atoms with Crippen molar-refractivity contribution in [2.75, 3.05) is 5.43 Å². The summed E-state index contributed by atoms with van der Waals surface area (Å²) in [5, 5.41) is 27.0. The van der Waals surface area contributed by atoms with Gasteiger partial charge in [0.1, 0.15) is 18.0 Å². The number of benzene rings is 3. The van der Waals surface area contributed by atoms with E-state index >= 15 is 0 Å². The smallest absolute Gasteiger partial charge is 0.301 e. The van der Waals surface area contributed by atoms with E-state index < -0.39 is 15.5 Å². The molecule has 9 nitrogen and oxygen atoms in total. The Morgan fingerprint density at radius 2 is 1.77 bits per heavy atom. The number of nitro benzene ring substituents is 2. The van der Waals surface area contributed by atoms with Gasteiger partial charge in [-0.3, -0.25) is 25.7 Å². The highest BCUT2D eigenvalue weighted by atomic mass is 35.5. The first-order valence-corrected chi connectivity index (χ1v) is 9.48. The third-order valence-electron chi connectivity index (χ3n) is 4.09. The maximum Gasteiger partial charge on any atom is 0.301 e. The first-order valence-electron chi connectivity index (χ1n) is 8.73. The molecule has 0 heterocycles. The fourth-order valence-electron chi connectivity index (χ4n) is 2.56. The number of hydrazone groups is 1. The molecule has 1 N–H and O–H groups in total. The molecule has 31 heavy (non-hydrogen) atoms. The van der Waals surface area contributed by atoms with Gasteiger partial charge < -0.3 is 4.74 Å². The minimum Gasteiger partial charge on any atom is -0.488 e. The van der Waals surface area contributed by atoms with Gasteiger partial charge in [0.05, 0.1) is 22.1 Å². The lowest BCUT2D eigenvalue weighted by Crippen LogP contribution is -2.01. The van der Waals surface area contributed by atoms with E-state index in [4.69, 9.17) is 27.9 Å². The largest absolute Gasteiger partial charge is 0.488 e. The van der Waals surface area contributed by atoms with Crippen molar-refractivity contribution in [3.8, 4) is 5.75 Å². The molecule has 3 aromatic carbocycles. The van der Waals surface area contributed by atoms with Gasteiger partial charge in [0.25, 0.3) is 5.69 Å². The van der Waals surface area contributed by atoms with Gasteiger partial charge in [-0.2, -0.15) is 5.10 Å². The summed E-state index contributed by atoms with van der Waals surface area (Å²) < 4.78 is 5.82. The molecule has 0 radical (unpaired) electrons. The number of nitrogens with one attached hydrogen (secondary N) is 1. The topological polar surface area (TPSA) is 120 Å². The highest BCUT2D eigenvalue weighted by molar-refractivity contribution is 6.35. The van der Waals surface area contributed by atoms with Crippen molar-refractivity contribution in [3.63, 3.8) is 0 Å². The van der Waals surface area contributed by atoms with Crippen molar-refractivity contribution in [2.45, 2.75) is 6.61 Å². The van der Waals surface area contributed by atoms with E-state index in [1.807, 2.05) is 0 Å². The van der Waals surface area contributed by atoms with E-state index in [0.29, 0.717) is 21.4 Å². The minimum atomic E-state index is -0.724. The predicted molar refractivity (Wildman–Crippen MR) is 118 cm³/mol. The van der Waals surface area contributed by atoms with Crippen LogP contribution >= 0.6 is 23.2 Å². The Kier molecular flexibility index (Phi) is 7.01. The first-order chi connectivity index (χ1) is 14.8. The summed E-state index contributed by atoms with van der Waals surface area (Å²) in [5.41, 5.74) is 3.05. The molecule has 0 saturated heterocycles. The summed E-state index contributed by atoms with van der Waals surface area (Å²) in [6, 6.07) is 15.4. The molecule has 0 aliphatic heterocycles. The van der Waals surface area contributed by atoms with Crippen LogP contribution < -0.4 is 10.2 Å². The standard InChI is InChI=1S/C20H14Cl2N4O5/c21-15-6-5-14(17(22)9-15)12-31-20-4-2-1-3-13(20)11-23-24-18-8-7-16(25(27)28)10-19(18)26(29)30/h1-11,24H,12H2/b23-11+. The summed E-state index contributed by atoms with van der Waals surface area (Å²) >= 11 is 12.1. The number of halogens is 2. The predicted octanol–water partition coefficient (Wildman–Crippen LogP) is 5.83. The number of nitro groups is 2. The van der Waals surface area contributed by atoms with Crippen LogP contribution in [0.2, 0.25) is 10.0 Å². The van der Waals surface area contributed by atoms with Gasteiger partial charge in [0, 0.05) is 27.2 Å². The highest BCUT2D eigenvalue weighted by Crippen LogP contribution is 2.29. The van der Waals surface area contributed by atoms with E-state index in [-0.39, 0.29) is 18.0 Å². The van der Waals surface area contributed by atoms with E-state index in [2.05, 4.69) is 10.5 Å². The van der Waals surface area contributed by atoms with Crippen LogP contribution in [0.15, 0.2) is 65.8 Å². The zero-order chi connectivity index (χ0) is 22.4. The number of nitrogens with zero attached hydrogens (tertiary/aromatic N) is 3. The molecule has 0 bridgehead atoms. The van der Waals surface area contributed by atoms with E-state index in [0.717, 1.165) is 17.7 Å². The van der Waals surface area contributed by atoms with E-state index in [9.17, 15) is 20.2 Å². The zero-order valence-electron chi connectivity index (χ0n) is 15.7. The summed E-state index contributed by atoms with van der Waals surface area (Å²) in [4.78, 5) is 20.6. The van der Waals surface area contributed by atoms with E-state index in [1.54, 1.807) is 42.5 Å². The number of rotatable bonds is 8. The molecule has 0 aliphatic rings. The van der Waals surface area contributed by atoms with Crippen molar-refractivity contribution >= 4 is 46.5 Å². The molecular weight excluding hydrogens is 447 g/mol. The third-order valence-corrected chi connectivity index (χ3v) is 4.68. The van der Waals surface area contributed by atoms with Gasteiger partial charge in [-0.25, -0.2) is 0 Å². The minimum absolute atomic E-state index is 0.0122. The van der Waals surface area contributed by atoms with Crippen LogP contribution in [0.5, 0.6) is 5.75 Å². The number of para-hydroxylation sites is 1. The molecular formula is C20H14Cl2N4O5. The lowest BCUT2D eigenvalue weighted by Gasteiger charge is -2.10. The number of non-ortho nitro benzene ring substituents is 1. The molecule has 0 amide bonds. The van der Waals surface area contributed by atoms with Crippen molar-refractivity contribution in [1.29, 1.82) is 0 Å². The second kappa shape index (κ2) is 9.88. The molecule has 0 atom stereocenters. The van der Waals surface area contributed by atoms with Crippen LogP contribution in [-0.2, 0) is 6.61 Å². The van der Waals surface area contributed by atoms with Crippen LogP contribution in [0.25, 0.3) is 0 Å². The molecule has 0 unspecified atom stereocenters. The van der Waals surface area contributed by atoms with Crippen molar-refractivity contribution < 1.29 is 14.6 Å². The average Bonchev–Trinajstić information content (AvgIpc) is 2.74. The third kappa shape index (κ3) is 5.68. The van der Waals surface area contributed by atoms with Crippen LogP contribution in [0, 0.1) is 20.2 Å². The van der Waals surface area contributed by atoms with E-state index in [1.165, 1.54) is 12.3 Å². The SMILES string of the molecule is O=[N+]([O-])c1ccc(N/N=C/c2ccccc2OCc2ccc(Cl)cc2Cl)c([N+](=O)[O-])c1. The normalized spacial score (nSPS) is 10.8. The Hall–Kier alpha value is -3.69. The Morgan fingerprint density at radius 3 is 2.48 bits per heavy atom. The quantitative estimate of drug-likeness (QED) is 0.256. The summed E-state index contributed by atoms with van der Waals surface area (Å²) in [6.07, 6.45) is 1.42. The maximum atomic E-state index is 11.2. The number of hydrogen-bond donors (Lipinski definition) is 1. The molecule has 0 saturated carbocycles. The second-order valence-electron chi connectivity index (χ2n) is 6.15. The lowest BCUT2D eigenvalue weighted by molar-refractivity contribution is -0.393. The Labute approximate surface area is 186 Å². The zero-order valence-corrected chi connectivity index (χ0v) is 17.2. The van der Waals surface area contributed by atoms with Crippen molar-refractivity contribution in [3.05, 3.63) is 102 Å². The Balaban J connectivity index is 1.75. The molecule has 158 valence electrons. The van der Waals surface area contributed by atoms with Gasteiger partial charge in [-0.1, -0.05) is 41.4 Å². The first kappa shape index (κ1) is 22.0. The Morgan fingerprint density at radius 1 is 1.00 bits per heavy atom. The van der Waals surface area contributed by atoms with Gasteiger partial charge in [-0.15, -0.1) is 0 Å².